The van der Waals surface area contributed by atoms with Gasteiger partial charge in [-0.25, -0.2) is 13.1 Å². The molecule has 82 valence electrons. The molecule has 0 amide bonds. The van der Waals surface area contributed by atoms with E-state index < -0.39 is 10.0 Å². The fourth-order valence-corrected chi connectivity index (χ4v) is 4.09. The van der Waals surface area contributed by atoms with Crippen LogP contribution in [0.4, 0.5) is 0 Å². The molecule has 14 heavy (non-hydrogen) atoms. The van der Waals surface area contributed by atoms with Crippen LogP contribution in [-0.4, -0.2) is 32.8 Å². The molecule has 1 heterocycles. The van der Waals surface area contributed by atoms with Gasteiger partial charge in [0.25, 0.3) is 0 Å². The van der Waals surface area contributed by atoms with Crippen LogP contribution in [-0.2, 0) is 10.0 Å². The van der Waals surface area contributed by atoms with Gasteiger partial charge in [0, 0.05) is 12.6 Å². The molecule has 1 saturated heterocycles. The molecule has 2 N–H and O–H groups in total. The topological polar surface area (TPSA) is 58.2 Å². The Morgan fingerprint density at radius 1 is 1.14 bits per heavy atom. The van der Waals surface area contributed by atoms with Crippen LogP contribution in [0.3, 0.4) is 0 Å². The minimum absolute atomic E-state index is 0.122. The average molecular weight is 218 g/mol. The van der Waals surface area contributed by atoms with Crippen molar-refractivity contribution in [3.05, 3.63) is 0 Å². The van der Waals surface area contributed by atoms with Crippen molar-refractivity contribution < 1.29 is 8.42 Å². The maximum atomic E-state index is 11.8. The van der Waals surface area contributed by atoms with Gasteiger partial charge in [0.15, 0.2) is 0 Å². The van der Waals surface area contributed by atoms with Crippen molar-refractivity contribution in [2.24, 2.45) is 0 Å². The molecule has 0 aromatic rings. The van der Waals surface area contributed by atoms with Crippen LogP contribution in [0.2, 0.25) is 0 Å². The van der Waals surface area contributed by atoms with Crippen LogP contribution in [0, 0.1) is 0 Å². The van der Waals surface area contributed by atoms with E-state index in [1.807, 2.05) is 0 Å². The summed E-state index contributed by atoms with van der Waals surface area (Å²) in [6.45, 7) is 1.71. The summed E-state index contributed by atoms with van der Waals surface area (Å²) in [4.78, 5) is 0. The largest absolute Gasteiger partial charge is 0.315 e. The highest BCUT2D eigenvalue weighted by atomic mass is 32.2. The summed E-state index contributed by atoms with van der Waals surface area (Å²) in [7, 11) is -3.03. The Balaban J connectivity index is 1.93. The van der Waals surface area contributed by atoms with Crippen molar-refractivity contribution in [2.75, 3.05) is 13.1 Å². The van der Waals surface area contributed by atoms with Crippen molar-refractivity contribution in [2.45, 2.75) is 43.4 Å². The molecule has 2 fully saturated rings. The lowest BCUT2D eigenvalue weighted by atomic mass is 10.3. The first-order chi connectivity index (χ1) is 6.68. The van der Waals surface area contributed by atoms with Gasteiger partial charge in [0.05, 0.1) is 5.25 Å². The highest BCUT2D eigenvalue weighted by Crippen LogP contribution is 2.24. The minimum Gasteiger partial charge on any atom is -0.315 e. The van der Waals surface area contributed by atoms with Gasteiger partial charge in [-0.1, -0.05) is 12.8 Å². The lowest BCUT2D eigenvalue weighted by Crippen LogP contribution is -2.41. The van der Waals surface area contributed by atoms with Gasteiger partial charge in [0.1, 0.15) is 0 Å². The highest BCUT2D eigenvalue weighted by Gasteiger charge is 2.31. The molecule has 5 heteroatoms. The van der Waals surface area contributed by atoms with Gasteiger partial charge in [-0.3, -0.25) is 0 Å². The van der Waals surface area contributed by atoms with Crippen LogP contribution in [0.5, 0.6) is 0 Å². The zero-order valence-corrected chi connectivity index (χ0v) is 9.15. The lowest BCUT2D eigenvalue weighted by molar-refractivity contribution is 0.545. The minimum atomic E-state index is -3.03. The number of sulfonamides is 1. The van der Waals surface area contributed by atoms with Crippen molar-refractivity contribution in [1.82, 2.24) is 10.0 Å². The molecule has 4 nitrogen and oxygen atoms in total. The number of nitrogens with one attached hydrogen (secondary N) is 2. The van der Waals surface area contributed by atoms with Crippen molar-refractivity contribution in [1.29, 1.82) is 0 Å². The summed E-state index contributed by atoms with van der Waals surface area (Å²) < 4.78 is 26.5. The summed E-state index contributed by atoms with van der Waals surface area (Å²) >= 11 is 0. The van der Waals surface area contributed by atoms with E-state index >= 15 is 0 Å². The molecule has 1 aliphatic carbocycles. The first-order valence-electron chi connectivity index (χ1n) is 5.40. The smallest absolute Gasteiger partial charge is 0.214 e. The standard InChI is InChI=1S/C9H18N2O2S/c12-14(13,9-3-1-2-4-9)11-8-5-6-10-7-8/h8-11H,1-7H2/t8-/m1/s1. The quantitative estimate of drug-likeness (QED) is 0.712. The second-order valence-corrected chi connectivity index (χ2v) is 6.25. The Kier molecular flexibility index (Phi) is 3.09. The van der Waals surface area contributed by atoms with Gasteiger partial charge >= 0.3 is 0 Å². The maximum absolute atomic E-state index is 11.8. The van der Waals surface area contributed by atoms with E-state index in [1.165, 1.54) is 0 Å². The number of hydrogen-bond acceptors (Lipinski definition) is 3. The molecule has 1 aliphatic heterocycles. The first kappa shape index (κ1) is 10.4. The number of hydrogen-bond donors (Lipinski definition) is 2. The van der Waals surface area contributed by atoms with E-state index in [0.717, 1.165) is 45.2 Å². The Morgan fingerprint density at radius 3 is 2.43 bits per heavy atom. The molecule has 0 aromatic heterocycles. The van der Waals surface area contributed by atoms with Gasteiger partial charge in [-0.2, -0.15) is 0 Å². The van der Waals surface area contributed by atoms with Crippen LogP contribution >= 0.6 is 0 Å². The highest BCUT2D eigenvalue weighted by molar-refractivity contribution is 7.90. The molecule has 0 spiro atoms. The van der Waals surface area contributed by atoms with Crippen LogP contribution in [0.15, 0.2) is 0 Å². The number of rotatable bonds is 3. The molecule has 0 unspecified atom stereocenters. The molecule has 0 aromatic carbocycles. The molecule has 2 rings (SSSR count). The third-order valence-corrected chi connectivity index (χ3v) is 5.14. The van der Waals surface area contributed by atoms with Gasteiger partial charge in [-0.05, 0) is 25.8 Å². The molecular formula is C9H18N2O2S. The predicted octanol–water partition coefficient (Wildman–Crippen LogP) is 0.210. The Morgan fingerprint density at radius 2 is 1.86 bits per heavy atom. The van der Waals surface area contributed by atoms with Gasteiger partial charge in [-0.15, -0.1) is 0 Å². The Labute approximate surface area is 85.5 Å². The molecule has 1 saturated carbocycles. The van der Waals surface area contributed by atoms with Crippen molar-refractivity contribution in [3.63, 3.8) is 0 Å². The third-order valence-electron chi connectivity index (χ3n) is 3.13. The zero-order valence-electron chi connectivity index (χ0n) is 8.33. The SMILES string of the molecule is O=S(=O)(N[C@@H]1CCNC1)C1CCCC1. The molecule has 1 atom stereocenters. The normalized spacial score (nSPS) is 29.9. The van der Waals surface area contributed by atoms with Crippen LogP contribution < -0.4 is 10.0 Å². The van der Waals surface area contributed by atoms with Crippen molar-refractivity contribution >= 4 is 10.0 Å². The fourth-order valence-electron chi connectivity index (χ4n) is 2.28. The van der Waals surface area contributed by atoms with E-state index in [2.05, 4.69) is 10.0 Å². The van der Waals surface area contributed by atoms with Crippen LogP contribution in [0.1, 0.15) is 32.1 Å². The zero-order chi connectivity index (χ0) is 10.0. The van der Waals surface area contributed by atoms with E-state index in [9.17, 15) is 8.42 Å². The first-order valence-corrected chi connectivity index (χ1v) is 6.95. The molecule has 2 aliphatic rings. The van der Waals surface area contributed by atoms with Gasteiger partial charge < -0.3 is 5.32 Å². The Bertz CT molecular complexity index is 277. The average Bonchev–Trinajstić information content (AvgIpc) is 2.71. The van der Waals surface area contributed by atoms with Gasteiger partial charge in [0.2, 0.25) is 10.0 Å². The summed E-state index contributed by atoms with van der Waals surface area (Å²) in [5.74, 6) is 0. The Hall–Kier alpha value is -0.130. The van der Waals surface area contributed by atoms with E-state index in [1.54, 1.807) is 0 Å². The summed E-state index contributed by atoms with van der Waals surface area (Å²) in [5.41, 5.74) is 0. The third kappa shape index (κ3) is 2.27. The van der Waals surface area contributed by atoms with Crippen molar-refractivity contribution in [3.8, 4) is 0 Å². The second kappa shape index (κ2) is 4.16. The van der Waals surface area contributed by atoms with Crippen LogP contribution in [0.25, 0.3) is 0 Å². The maximum Gasteiger partial charge on any atom is 0.214 e. The van der Waals surface area contributed by atoms with E-state index in [0.29, 0.717) is 0 Å². The van der Waals surface area contributed by atoms with E-state index in [4.69, 9.17) is 0 Å². The summed E-state index contributed by atoms with van der Waals surface area (Å²) in [6, 6.07) is 0.126. The fraction of sp³-hybridized carbons (Fsp3) is 1.00. The lowest BCUT2D eigenvalue weighted by Gasteiger charge is -2.16. The second-order valence-electron chi connectivity index (χ2n) is 4.26. The molecule has 0 radical (unpaired) electrons. The van der Waals surface area contributed by atoms with E-state index in [-0.39, 0.29) is 11.3 Å². The summed E-state index contributed by atoms with van der Waals surface area (Å²) in [6.07, 6.45) is 4.74. The monoisotopic (exact) mass is 218 g/mol. The predicted molar refractivity (Wildman–Crippen MR) is 55.6 cm³/mol. The molecular weight excluding hydrogens is 200 g/mol. The molecule has 0 bridgehead atoms. The summed E-state index contributed by atoms with van der Waals surface area (Å²) in [5, 5.41) is 3.04.